The van der Waals surface area contributed by atoms with E-state index in [-0.39, 0.29) is 16.9 Å². The highest BCUT2D eigenvalue weighted by molar-refractivity contribution is 14.1. The molecule has 0 unspecified atom stereocenters. The highest BCUT2D eigenvalue weighted by atomic mass is 127. The number of carbonyl (C=O) groups is 3. The van der Waals surface area contributed by atoms with Crippen molar-refractivity contribution in [1.82, 2.24) is 5.32 Å². The molecule has 3 aromatic carbocycles. The molecule has 0 aromatic heterocycles. The number of halogens is 1. The SMILES string of the molecule is CCOc1cc(/C=C2\C(=O)NC(=O)N(c3cccc([N+](=O)[O-])c3)C2=O)cc(I)c1OCc1cccc(C)c1. The average Bonchev–Trinajstić information content (AvgIpc) is 2.86. The third-order valence-corrected chi connectivity index (χ3v) is 6.31. The number of rotatable bonds is 8. The number of amides is 4. The Balaban J connectivity index is 1.67. The van der Waals surface area contributed by atoms with Gasteiger partial charge < -0.3 is 9.47 Å². The first-order chi connectivity index (χ1) is 18.2. The van der Waals surface area contributed by atoms with Crippen LogP contribution in [0.2, 0.25) is 0 Å². The molecule has 1 aliphatic heterocycles. The summed E-state index contributed by atoms with van der Waals surface area (Å²) in [4.78, 5) is 49.5. The number of carbonyl (C=O) groups excluding carboxylic acids is 3. The molecule has 1 heterocycles. The van der Waals surface area contributed by atoms with Gasteiger partial charge in [-0.05, 0) is 71.8 Å². The molecule has 11 heteroatoms. The Morgan fingerprint density at radius 2 is 1.82 bits per heavy atom. The maximum absolute atomic E-state index is 13.2. The van der Waals surface area contributed by atoms with Crippen LogP contribution in [0.4, 0.5) is 16.2 Å². The van der Waals surface area contributed by atoms with Gasteiger partial charge in [-0.15, -0.1) is 0 Å². The third kappa shape index (κ3) is 5.83. The molecule has 0 saturated carbocycles. The second kappa shape index (κ2) is 11.4. The molecule has 0 spiro atoms. The summed E-state index contributed by atoms with van der Waals surface area (Å²) >= 11 is 2.08. The standard InChI is InChI=1S/C27H22IN3O7/c1-3-37-23-13-18(12-22(28)24(23)38-15-17-7-4-6-16(2)10-17)11-21-25(32)29-27(34)30(26(21)33)19-8-5-9-20(14-19)31(35)36/h4-14H,3,15H2,1-2H3,(H,29,32,34)/b21-11+. The summed E-state index contributed by atoms with van der Waals surface area (Å²) in [7, 11) is 0. The Labute approximate surface area is 231 Å². The number of hydrogen-bond acceptors (Lipinski definition) is 7. The normalized spacial score (nSPS) is 14.4. The number of non-ortho nitro benzene ring substituents is 1. The Morgan fingerprint density at radius 1 is 1.05 bits per heavy atom. The average molecular weight is 627 g/mol. The topological polar surface area (TPSA) is 128 Å². The maximum atomic E-state index is 13.2. The number of nitrogens with one attached hydrogen (secondary N) is 1. The first-order valence-corrected chi connectivity index (χ1v) is 12.6. The molecule has 0 aliphatic carbocycles. The second-order valence-corrected chi connectivity index (χ2v) is 9.44. The van der Waals surface area contributed by atoms with Gasteiger partial charge in [0.15, 0.2) is 11.5 Å². The largest absolute Gasteiger partial charge is 0.490 e. The van der Waals surface area contributed by atoms with Gasteiger partial charge in [0.2, 0.25) is 0 Å². The molecule has 4 rings (SSSR count). The van der Waals surface area contributed by atoms with Crippen LogP contribution in [0.3, 0.4) is 0 Å². The number of barbiturate groups is 1. The van der Waals surface area contributed by atoms with Gasteiger partial charge in [0.05, 0.1) is 20.8 Å². The van der Waals surface area contributed by atoms with Crippen LogP contribution < -0.4 is 19.7 Å². The molecule has 0 atom stereocenters. The molecular formula is C27H22IN3O7. The van der Waals surface area contributed by atoms with Crippen molar-refractivity contribution in [3.05, 3.63) is 96.6 Å². The van der Waals surface area contributed by atoms with Crippen LogP contribution in [-0.4, -0.2) is 29.4 Å². The van der Waals surface area contributed by atoms with Gasteiger partial charge in [0, 0.05) is 12.1 Å². The van der Waals surface area contributed by atoms with Gasteiger partial charge in [0.25, 0.3) is 17.5 Å². The van der Waals surface area contributed by atoms with Gasteiger partial charge in [-0.25, -0.2) is 9.69 Å². The zero-order chi connectivity index (χ0) is 27.4. The van der Waals surface area contributed by atoms with Crippen LogP contribution in [-0.2, 0) is 16.2 Å². The summed E-state index contributed by atoms with van der Waals surface area (Å²) in [5.74, 6) is -0.848. The van der Waals surface area contributed by atoms with E-state index < -0.39 is 22.8 Å². The molecule has 1 saturated heterocycles. The Morgan fingerprint density at radius 3 is 2.53 bits per heavy atom. The maximum Gasteiger partial charge on any atom is 0.335 e. The smallest absolute Gasteiger partial charge is 0.335 e. The lowest BCUT2D eigenvalue weighted by molar-refractivity contribution is -0.384. The molecule has 194 valence electrons. The monoisotopic (exact) mass is 627 g/mol. The molecular weight excluding hydrogens is 605 g/mol. The van der Waals surface area contributed by atoms with Crippen LogP contribution in [0.15, 0.2) is 66.2 Å². The van der Waals surface area contributed by atoms with Crippen molar-refractivity contribution in [1.29, 1.82) is 0 Å². The minimum absolute atomic E-state index is 0.0374. The minimum Gasteiger partial charge on any atom is -0.490 e. The van der Waals surface area contributed by atoms with Crippen LogP contribution in [0.25, 0.3) is 6.08 Å². The summed E-state index contributed by atoms with van der Waals surface area (Å²) in [6.07, 6.45) is 1.34. The molecule has 0 bridgehead atoms. The highest BCUT2D eigenvalue weighted by Crippen LogP contribution is 2.36. The van der Waals surface area contributed by atoms with Crippen molar-refractivity contribution in [3.63, 3.8) is 0 Å². The second-order valence-electron chi connectivity index (χ2n) is 8.28. The van der Waals surface area contributed by atoms with E-state index in [9.17, 15) is 24.5 Å². The first kappa shape index (κ1) is 26.8. The van der Waals surface area contributed by atoms with Gasteiger partial charge in [0.1, 0.15) is 12.2 Å². The minimum atomic E-state index is -0.998. The van der Waals surface area contributed by atoms with E-state index in [1.165, 1.54) is 24.3 Å². The molecule has 38 heavy (non-hydrogen) atoms. The first-order valence-electron chi connectivity index (χ1n) is 11.5. The number of benzene rings is 3. The van der Waals surface area contributed by atoms with E-state index in [1.54, 1.807) is 12.1 Å². The van der Waals surface area contributed by atoms with Crippen LogP contribution in [0.1, 0.15) is 23.6 Å². The zero-order valence-electron chi connectivity index (χ0n) is 20.4. The lowest BCUT2D eigenvalue weighted by atomic mass is 10.1. The van der Waals surface area contributed by atoms with Crippen molar-refractivity contribution in [3.8, 4) is 11.5 Å². The van der Waals surface area contributed by atoms with E-state index in [0.29, 0.717) is 38.7 Å². The van der Waals surface area contributed by atoms with Crippen molar-refractivity contribution in [2.75, 3.05) is 11.5 Å². The van der Waals surface area contributed by atoms with Gasteiger partial charge >= 0.3 is 6.03 Å². The van der Waals surface area contributed by atoms with Crippen LogP contribution >= 0.6 is 22.6 Å². The van der Waals surface area contributed by atoms with Crippen LogP contribution in [0, 0.1) is 20.6 Å². The van der Waals surface area contributed by atoms with Crippen molar-refractivity contribution in [2.45, 2.75) is 20.5 Å². The Kier molecular flexibility index (Phi) is 8.05. The predicted molar refractivity (Wildman–Crippen MR) is 148 cm³/mol. The number of aryl methyl sites for hydroxylation is 1. The number of anilines is 1. The van der Waals surface area contributed by atoms with Crippen LogP contribution in [0.5, 0.6) is 11.5 Å². The van der Waals surface area contributed by atoms with Crippen molar-refractivity contribution in [2.24, 2.45) is 0 Å². The Hall–Kier alpha value is -4.26. The van der Waals surface area contributed by atoms with Crippen molar-refractivity contribution >= 4 is 57.9 Å². The molecule has 4 amide bonds. The number of imide groups is 2. The van der Waals surface area contributed by atoms with Crippen molar-refractivity contribution < 1.29 is 28.8 Å². The van der Waals surface area contributed by atoms with E-state index in [2.05, 4.69) is 27.9 Å². The molecule has 3 aromatic rings. The van der Waals surface area contributed by atoms with Gasteiger partial charge in [-0.1, -0.05) is 35.9 Å². The highest BCUT2D eigenvalue weighted by Gasteiger charge is 2.37. The fourth-order valence-electron chi connectivity index (χ4n) is 3.84. The third-order valence-electron chi connectivity index (χ3n) is 5.51. The summed E-state index contributed by atoms with van der Waals surface area (Å²) in [6.45, 7) is 4.49. The predicted octanol–water partition coefficient (Wildman–Crippen LogP) is 5.15. The zero-order valence-corrected chi connectivity index (χ0v) is 22.6. The van der Waals surface area contributed by atoms with Gasteiger partial charge in [-0.3, -0.25) is 25.0 Å². The van der Waals surface area contributed by atoms with E-state index >= 15 is 0 Å². The fourth-order valence-corrected chi connectivity index (χ4v) is 4.62. The molecule has 0 radical (unpaired) electrons. The summed E-state index contributed by atoms with van der Waals surface area (Å²) in [6, 6.07) is 15.3. The number of nitro groups is 1. The molecule has 1 aliphatic rings. The van der Waals surface area contributed by atoms with E-state index in [0.717, 1.165) is 17.2 Å². The summed E-state index contributed by atoms with van der Waals surface area (Å²) < 4.78 is 12.5. The number of urea groups is 1. The fraction of sp³-hybridized carbons (Fsp3) is 0.148. The number of hydrogen-bond donors (Lipinski definition) is 1. The number of nitrogens with zero attached hydrogens (tertiary/aromatic N) is 2. The quantitative estimate of drug-likeness (QED) is 0.120. The summed E-state index contributed by atoms with van der Waals surface area (Å²) in [5.41, 5.74) is 1.91. The number of ether oxygens (including phenoxy) is 2. The molecule has 10 nitrogen and oxygen atoms in total. The molecule has 1 N–H and O–H groups in total. The Bertz CT molecular complexity index is 1490. The number of nitro benzene ring substituents is 1. The lowest BCUT2D eigenvalue weighted by Gasteiger charge is -2.26. The van der Waals surface area contributed by atoms with E-state index in [4.69, 9.17) is 9.47 Å². The van der Waals surface area contributed by atoms with E-state index in [1.807, 2.05) is 38.1 Å². The lowest BCUT2D eigenvalue weighted by Crippen LogP contribution is -2.54. The molecule has 1 fully saturated rings. The van der Waals surface area contributed by atoms with Gasteiger partial charge in [-0.2, -0.15) is 0 Å². The summed E-state index contributed by atoms with van der Waals surface area (Å²) in [5, 5.41) is 13.3.